The van der Waals surface area contributed by atoms with Crippen molar-refractivity contribution in [3.05, 3.63) is 11.6 Å². The van der Waals surface area contributed by atoms with Crippen molar-refractivity contribution in [2.75, 3.05) is 13.2 Å². The zero-order valence-electron chi connectivity index (χ0n) is 49.8. The normalized spacial score (nSPS) is 51.3. The number of ether oxygens (including phenoxy) is 10. The summed E-state index contributed by atoms with van der Waals surface area (Å²) in [5.41, 5.74) is 0.360. The smallest absolute Gasteiger partial charge is 0.394 e. The molecule has 5 heterocycles. The van der Waals surface area contributed by atoms with Crippen molar-refractivity contribution < 1.29 is 136 Å². The SMILES string of the molecule is CC(C)CC(=O)C[C@@H](C)[C@H]1CC[C@H]2[C@@H]3C[C@H](O[C@@H]4O[C@H](CO)[C@H](O)[C@H](O[C@@H]5O[C@H](C)[C@@H](O[C@@H]6O[C@H](CO)[C@H](O)[C@H](O)[C@H]6O[C@@H]6O[C@H](C)[C@H](O)[C@H](O)[C@H]6O)[C@H](O)[C@H]5O[C@@H]5O[C@H](C)[C@@H](O)[C@H](O)[C@H]5O)[C@H]4O)[C@H]4C[C@@H](OS(=O)(=O)O)CC[C@]4(C)C3=CC[C@]12C. The first-order valence-corrected chi connectivity index (χ1v) is 31.8. The molecule has 34 atom stereocenters. The molecule has 0 spiro atoms. The number of aliphatic hydroxyl groups is 13. The van der Waals surface area contributed by atoms with E-state index in [1.807, 2.05) is 13.8 Å². The van der Waals surface area contributed by atoms with E-state index < -0.39 is 201 Å². The molecule has 86 heavy (non-hydrogen) atoms. The van der Waals surface area contributed by atoms with Crippen molar-refractivity contribution in [1.82, 2.24) is 0 Å². The summed E-state index contributed by atoms with van der Waals surface area (Å²) in [5, 5.41) is 145. The fraction of sp³-hybridized carbons (Fsp3) is 0.947. The van der Waals surface area contributed by atoms with E-state index in [1.165, 1.54) is 26.3 Å². The van der Waals surface area contributed by atoms with Gasteiger partial charge >= 0.3 is 10.4 Å². The minimum absolute atomic E-state index is 0.0810. The van der Waals surface area contributed by atoms with Gasteiger partial charge < -0.3 is 114 Å². The lowest BCUT2D eigenvalue weighted by atomic mass is 9.47. The fourth-order valence-corrected chi connectivity index (χ4v) is 16.6. The van der Waals surface area contributed by atoms with E-state index >= 15 is 0 Å². The van der Waals surface area contributed by atoms with E-state index in [2.05, 4.69) is 26.8 Å². The lowest BCUT2D eigenvalue weighted by molar-refractivity contribution is -0.407. The molecule has 0 amide bonds. The molecule has 9 rings (SSSR count). The molecule has 5 saturated heterocycles. The Bertz CT molecular complexity index is 2430. The standard InChI is InChI=1S/C57H94O28S/c1-21(2)15-26(60)16-22(3)29-9-10-30-28-18-33(32-17-27(85-86(72,73)74)11-13-57(32,8)31(28)12-14-56(29,30)7)78-53-46(71)48(39(64)35(20-59)79-53)82-54-50(84-52-44(69)41(66)37(62)24(5)76-52)45(70)47(25(6)77-54)81-55-49(42(67)38(63)34(19-58)80-55)83-51-43(68)40(65)36(61)23(4)75-51/h12,21-25,27-30,32-55,58-59,61-71H,9-11,13-20H2,1-8H3,(H,72,73,74)/t22-,23-,24-,25-,27+,28+,29-,30+,32-,33+,34-,35-,36+,37-,38+,39+,40+,41+,42+,43-,44-,45+,46-,47-,48+,49-,50-,51+,52+,53-,54+,55+,56-,57-/m1/s1. The van der Waals surface area contributed by atoms with Gasteiger partial charge in [0.25, 0.3) is 0 Å². The Balaban J connectivity index is 1.00. The lowest BCUT2D eigenvalue weighted by Crippen LogP contribution is -2.68. The highest BCUT2D eigenvalue weighted by Gasteiger charge is 2.63. The zero-order valence-corrected chi connectivity index (χ0v) is 50.6. The van der Waals surface area contributed by atoms with Crippen molar-refractivity contribution in [3.8, 4) is 0 Å². The van der Waals surface area contributed by atoms with Crippen LogP contribution < -0.4 is 0 Å². The number of hydrogen-bond donors (Lipinski definition) is 14. The van der Waals surface area contributed by atoms with Crippen LogP contribution in [0.1, 0.15) is 113 Å². The highest BCUT2D eigenvalue weighted by Crippen LogP contribution is 2.67. The Hall–Kier alpha value is -1.64. The van der Waals surface area contributed by atoms with E-state index in [0.29, 0.717) is 25.7 Å². The average Bonchev–Trinajstić information content (AvgIpc) is 1.29. The van der Waals surface area contributed by atoms with Gasteiger partial charge in [-0.15, -0.1) is 0 Å². The Morgan fingerprint density at radius 1 is 0.570 bits per heavy atom. The second kappa shape index (κ2) is 27.1. The first kappa shape index (κ1) is 68.7. The van der Waals surface area contributed by atoms with Crippen LogP contribution in [0.4, 0.5) is 0 Å². The molecule has 5 aliphatic heterocycles. The number of hydrogen-bond acceptors (Lipinski definition) is 27. The quantitative estimate of drug-likeness (QED) is 0.0472. The molecule has 9 aliphatic rings. The third kappa shape index (κ3) is 13.6. The van der Waals surface area contributed by atoms with Crippen molar-refractivity contribution in [2.24, 2.45) is 46.3 Å². The maximum absolute atomic E-state index is 13.2. The molecule has 0 bridgehead atoms. The molecule has 3 saturated carbocycles. The minimum Gasteiger partial charge on any atom is -0.394 e. The van der Waals surface area contributed by atoms with Crippen LogP contribution in [0.2, 0.25) is 0 Å². The second-order valence-corrected chi connectivity index (χ2v) is 27.9. The molecular weight excluding hydrogens is 1160 g/mol. The van der Waals surface area contributed by atoms with E-state index in [4.69, 9.17) is 51.6 Å². The van der Waals surface area contributed by atoms with Crippen LogP contribution in [0.5, 0.6) is 0 Å². The summed E-state index contributed by atoms with van der Waals surface area (Å²) in [6, 6.07) is 0. The molecule has 0 radical (unpaired) electrons. The number of fused-ring (bicyclic) bond motifs is 5. The third-order valence-electron chi connectivity index (χ3n) is 20.7. The molecule has 0 aromatic rings. The lowest BCUT2D eigenvalue weighted by Gasteiger charge is -2.59. The average molecular weight is 1260 g/mol. The van der Waals surface area contributed by atoms with Gasteiger partial charge in [-0.25, -0.2) is 4.18 Å². The topological polar surface area (TPSA) is 436 Å². The van der Waals surface area contributed by atoms with Crippen molar-refractivity contribution in [1.29, 1.82) is 0 Å². The van der Waals surface area contributed by atoms with E-state index in [1.54, 1.807) is 0 Å². The molecule has 29 heteroatoms. The first-order chi connectivity index (χ1) is 40.3. The third-order valence-corrected chi connectivity index (χ3v) is 21.2. The molecule has 14 N–H and O–H groups in total. The van der Waals surface area contributed by atoms with E-state index in [-0.39, 0.29) is 53.6 Å². The Labute approximate surface area is 500 Å². The predicted octanol–water partition coefficient (Wildman–Crippen LogP) is -2.43. The van der Waals surface area contributed by atoms with Crippen LogP contribution in [0.15, 0.2) is 11.6 Å². The summed E-state index contributed by atoms with van der Waals surface area (Å²) in [5.74, 6) is 0.340. The molecule has 4 aliphatic carbocycles. The van der Waals surface area contributed by atoms with Crippen LogP contribution in [0.3, 0.4) is 0 Å². The number of ketones is 1. The molecule has 496 valence electrons. The maximum atomic E-state index is 13.2. The van der Waals surface area contributed by atoms with Crippen LogP contribution in [0, 0.1) is 46.3 Å². The zero-order chi connectivity index (χ0) is 63.0. The van der Waals surface area contributed by atoms with Gasteiger partial charge in [-0.05, 0) is 112 Å². The van der Waals surface area contributed by atoms with Gasteiger partial charge in [0.1, 0.15) is 110 Å². The predicted molar refractivity (Wildman–Crippen MR) is 290 cm³/mol. The summed E-state index contributed by atoms with van der Waals surface area (Å²) < 4.78 is 101. The van der Waals surface area contributed by atoms with Crippen LogP contribution in [-0.2, 0) is 66.7 Å². The van der Waals surface area contributed by atoms with Crippen LogP contribution >= 0.6 is 0 Å². The van der Waals surface area contributed by atoms with Gasteiger partial charge in [0.2, 0.25) is 0 Å². The number of Topliss-reactive ketones (excluding diaryl/α,β-unsaturated/α-hetero) is 1. The molecule has 0 aromatic heterocycles. The number of allylic oxidation sites excluding steroid dienone is 2. The second-order valence-electron chi connectivity index (χ2n) is 26.8. The summed E-state index contributed by atoms with van der Waals surface area (Å²) in [6.07, 6.45) is -38.7. The van der Waals surface area contributed by atoms with E-state index in [0.717, 1.165) is 19.3 Å². The molecule has 28 nitrogen and oxygen atoms in total. The van der Waals surface area contributed by atoms with Crippen molar-refractivity contribution in [2.45, 2.75) is 279 Å². The van der Waals surface area contributed by atoms with Crippen LogP contribution in [-0.4, -0.2) is 264 Å². The number of carbonyl (C=O) groups excluding carboxylic acids is 1. The summed E-state index contributed by atoms with van der Waals surface area (Å²) in [7, 11) is -4.89. The monoisotopic (exact) mass is 1260 g/mol. The van der Waals surface area contributed by atoms with E-state index in [9.17, 15) is 84.1 Å². The number of carbonyl (C=O) groups is 1. The summed E-state index contributed by atoms with van der Waals surface area (Å²) in [6.45, 7) is 12.9. The van der Waals surface area contributed by atoms with Gasteiger partial charge in [-0.3, -0.25) is 9.35 Å². The molecule has 0 unspecified atom stereocenters. The maximum Gasteiger partial charge on any atom is 0.397 e. The van der Waals surface area contributed by atoms with Gasteiger partial charge in [0, 0.05) is 12.8 Å². The van der Waals surface area contributed by atoms with Gasteiger partial charge in [-0.2, -0.15) is 8.42 Å². The first-order valence-electron chi connectivity index (χ1n) is 30.4. The Kier molecular flexibility index (Phi) is 21.7. The highest BCUT2D eigenvalue weighted by molar-refractivity contribution is 7.80. The van der Waals surface area contributed by atoms with Crippen LogP contribution in [0.25, 0.3) is 0 Å². The minimum atomic E-state index is -4.89. The molecule has 8 fully saturated rings. The summed E-state index contributed by atoms with van der Waals surface area (Å²) >= 11 is 0. The Morgan fingerprint density at radius 3 is 1.67 bits per heavy atom. The summed E-state index contributed by atoms with van der Waals surface area (Å²) in [4.78, 5) is 13.2. The van der Waals surface area contributed by atoms with Crippen molar-refractivity contribution in [3.63, 3.8) is 0 Å². The molecule has 0 aromatic carbocycles. The largest absolute Gasteiger partial charge is 0.397 e. The van der Waals surface area contributed by atoms with Gasteiger partial charge in [0.15, 0.2) is 31.5 Å². The highest BCUT2D eigenvalue weighted by atomic mass is 32.3. The number of rotatable bonds is 19. The van der Waals surface area contributed by atoms with Gasteiger partial charge in [0.05, 0.1) is 43.7 Å². The Morgan fingerprint density at radius 2 is 1.09 bits per heavy atom. The van der Waals surface area contributed by atoms with Crippen molar-refractivity contribution >= 4 is 16.2 Å². The molecular formula is C57H94O28S. The fourth-order valence-electron chi connectivity index (χ4n) is 16.0. The number of aliphatic hydroxyl groups excluding tert-OH is 13. The van der Waals surface area contributed by atoms with Gasteiger partial charge in [-0.1, -0.05) is 46.3 Å².